The van der Waals surface area contributed by atoms with Gasteiger partial charge in [-0.1, -0.05) is 41.5 Å². The summed E-state index contributed by atoms with van der Waals surface area (Å²) in [7, 11) is 0. The van der Waals surface area contributed by atoms with Crippen LogP contribution in [0.4, 0.5) is 5.95 Å². The van der Waals surface area contributed by atoms with Crippen LogP contribution in [0.25, 0.3) is 22.8 Å². The molecule has 0 aromatic carbocycles. The number of anilines is 1. The average molecular weight is 627 g/mol. The Balaban J connectivity index is 1.32. The van der Waals surface area contributed by atoms with Gasteiger partial charge in [-0.15, -0.1) is 0 Å². The SMILES string of the molecule is Cc1cn[nH]c1-c1nc(NC2CCC(C(C(=O)NCC(C)(C)C)c3cnc(-c4ccn(C(C)C)n4)cn3)CC2)ncc1C(C)(C)C. The molecule has 4 heterocycles. The first-order valence-corrected chi connectivity index (χ1v) is 16.5. The van der Waals surface area contributed by atoms with Crippen LogP contribution in [-0.4, -0.2) is 58.4 Å². The number of aromatic amines is 1. The summed E-state index contributed by atoms with van der Waals surface area (Å²) >= 11 is 0. The number of rotatable bonds is 9. The molecule has 11 nitrogen and oxygen atoms in total. The van der Waals surface area contributed by atoms with Crippen LogP contribution in [0, 0.1) is 18.3 Å². The van der Waals surface area contributed by atoms with Crippen LogP contribution in [-0.2, 0) is 10.2 Å². The van der Waals surface area contributed by atoms with E-state index in [0.717, 1.165) is 53.9 Å². The van der Waals surface area contributed by atoms with Crippen LogP contribution >= 0.6 is 0 Å². The van der Waals surface area contributed by atoms with Crippen molar-refractivity contribution >= 4 is 11.9 Å². The number of aromatic nitrogens is 8. The Hall–Kier alpha value is -4.15. The van der Waals surface area contributed by atoms with Crippen molar-refractivity contribution < 1.29 is 4.79 Å². The highest BCUT2D eigenvalue weighted by Crippen LogP contribution is 2.38. The Kier molecular flexibility index (Phi) is 9.60. The molecule has 1 fully saturated rings. The molecule has 0 spiro atoms. The maximum absolute atomic E-state index is 13.7. The third-order valence-electron chi connectivity index (χ3n) is 8.70. The minimum absolute atomic E-state index is 0.0122. The second-order valence-corrected chi connectivity index (χ2v) is 15.2. The first-order valence-electron chi connectivity index (χ1n) is 16.5. The highest BCUT2D eigenvalue weighted by atomic mass is 16.1. The zero-order valence-electron chi connectivity index (χ0n) is 28.8. The Morgan fingerprint density at radius 2 is 1.72 bits per heavy atom. The lowest BCUT2D eigenvalue weighted by molar-refractivity contribution is -0.124. The number of hydrogen-bond donors (Lipinski definition) is 3. The molecule has 4 aromatic rings. The van der Waals surface area contributed by atoms with Crippen molar-refractivity contribution in [3.05, 3.63) is 53.9 Å². The number of nitrogens with one attached hydrogen (secondary N) is 3. The van der Waals surface area contributed by atoms with Crippen molar-refractivity contribution in [3.8, 4) is 22.8 Å². The maximum atomic E-state index is 13.7. The summed E-state index contributed by atoms with van der Waals surface area (Å²) < 4.78 is 1.91. The summed E-state index contributed by atoms with van der Waals surface area (Å²) in [5.74, 6) is 0.389. The molecule has 1 saturated carbocycles. The number of aryl methyl sites for hydroxylation is 1. The summed E-state index contributed by atoms with van der Waals surface area (Å²) in [6.07, 6.45) is 12.8. The van der Waals surface area contributed by atoms with Gasteiger partial charge in [0.1, 0.15) is 11.4 Å². The molecule has 3 N–H and O–H groups in total. The predicted octanol–water partition coefficient (Wildman–Crippen LogP) is 6.62. The highest BCUT2D eigenvalue weighted by molar-refractivity contribution is 5.83. The number of hydrogen-bond acceptors (Lipinski definition) is 8. The fraction of sp³-hybridized carbons (Fsp3) is 0.571. The van der Waals surface area contributed by atoms with Gasteiger partial charge in [-0.25, -0.2) is 9.97 Å². The van der Waals surface area contributed by atoms with Crippen LogP contribution in [0.15, 0.2) is 37.1 Å². The van der Waals surface area contributed by atoms with Crippen molar-refractivity contribution in [2.75, 3.05) is 11.9 Å². The van der Waals surface area contributed by atoms with Crippen molar-refractivity contribution in [3.63, 3.8) is 0 Å². The lowest BCUT2D eigenvalue weighted by Gasteiger charge is -2.34. The quantitative estimate of drug-likeness (QED) is 0.188. The lowest BCUT2D eigenvalue weighted by Crippen LogP contribution is -2.40. The Bertz CT molecular complexity index is 1620. The molecule has 1 unspecified atom stereocenters. The minimum atomic E-state index is -0.379. The van der Waals surface area contributed by atoms with Gasteiger partial charge in [-0.3, -0.25) is 24.5 Å². The van der Waals surface area contributed by atoms with E-state index < -0.39 is 0 Å². The van der Waals surface area contributed by atoms with E-state index in [1.165, 1.54) is 0 Å². The summed E-state index contributed by atoms with van der Waals surface area (Å²) in [5.41, 5.74) is 5.95. The number of carbonyl (C=O) groups is 1. The monoisotopic (exact) mass is 626 g/mol. The standard InChI is InChI=1S/C35H50N10O/c1-21(2)45-15-14-26(44-45)27-18-37-28(19-36-27)29(32(46)39-20-34(4,5)6)23-10-12-24(13-11-23)41-33-38-17-25(35(7,8)9)31(42-33)30-22(3)16-40-43-30/h14-19,21,23-24,29H,10-13,20H2,1-9H3,(H,39,46)(H,40,43)(H,38,41,42). The molecular formula is C35H50N10O. The van der Waals surface area contributed by atoms with Crippen molar-refractivity contribution in [1.82, 2.24) is 45.2 Å². The van der Waals surface area contributed by atoms with E-state index in [1.807, 2.05) is 36.3 Å². The van der Waals surface area contributed by atoms with E-state index in [-0.39, 0.29) is 40.7 Å². The summed E-state index contributed by atoms with van der Waals surface area (Å²) in [6.45, 7) is 19.7. The second kappa shape index (κ2) is 13.3. The molecule has 1 aliphatic carbocycles. The highest BCUT2D eigenvalue weighted by Gasteiger charge is 2.35. The predicted molar refractivity (Wildman–Crippen MR) is 181 cm³/mol. The molecule has 0 aliphatic heterocycles. The number of carbonyl (C=O) groups excluding carboxylic acids is 1. The van der Waals surface area contributed by atoms with Gasteiger partial charge in [0.15, 0.2) is 0 Å². The molecule has 246 valence electrons. The average Bonchev–Trinajstić information content (AvgIpc) is 3.66. The van der Waals surface area contributed by atoms with Gasteiger partial charge in [-0.2, -0.15) is 10.2 Å². The molecule has 0 radical (unpaired) electrons. The van der Waals surface area contributed by atoms with E-state index in [1.54, 1.807) is 12.4 Å². The molecule has 0 saturated heterocycles. The molecule has 1 amide bonds. The minimum Gasteiger partial charge on any atom is -0.355 e. The summed E-state index contributed by atoms with van der Waals surface area (Å²) in [5, 5.41) is 18.8. The first kappa shape index (κ1) is 33.2. The molecular weight excluding hydrogens is 576 g/mol. The molecule has 5 rings (SSSR count). The molecule has 1 aliphatic rings. The normalized spacial score (nSPS) is 18.0. The van der Waals surface area contributed by atoms with Crippen LogP contribution in [0.3, 0.4) is 0 Å². The first-order chi connectivity index (χ1) is 21.7. The number of nitrogens with zero attached hydrogens (tertiary/aromatic N) is 7. The number of amides is 1. The smallest absolute Gasteiger partial charge is 0.229 e. The fourth-order valence-corrected chi connectivity index (χ4v) is 6.00. The number of H-pyrrole nitrogens is 1. The Morgan fingerprint density at radius 3 is 2.28 bits per heavy atom. The largest absolute Gasteiger partial charge is 0.355 e. The molecule has 11 heteroatoms. The molecule has 46 heavy (non-hydrogen) atoms. The van der Waals surface area contributed by atoms with Gasteiger partial charge in [-0.05, 0) is 74.8 Å². The van der Waals surface area contributed by atoms with E-state index in [0.29, 0.717) is 23.9 Å². The van der Waals surface area contributed by atoms with Crippen LogP contribution < -0.4 is 10.6 Å². The fourth-order valence-electron chi connectivity index (χ4n) is 6.00. The Morgan fingerprint density at radius 1 is 0.978 bits per heavy atom. The zero-order valence-corrected chi connectivity index (χ0v) is 28.8. The Labute approximate surface area is 272 Å². The van der Waals surface area contributed by atoms with Crippen LogP contribution in [0.5, 0.6) is 0 Å². The van der Waals surface area contributed by atoms with Gasteiger partial charge in [0, 0.05) is 42.8 Å². The summed E-state index contributed by atoms with van der Waals surface area (Å²) in [4.78, 5) is 32.9. The van der Waals surface area contributed by atoms with Gasteiger partial charge in [0.2, 0.25) is 11.9 Å². The molecule has 4 aromatic heterocycles. The third-order valence-corrected chi connectivity index (χ3v) is 8.70. The third kappa shape index (κ3) is 7.79. The van der Waals surface area contributed by atoms with E-state index in [9.17, 15) is 4.79 Å². The zero-order chi connectivity index (χ0) is 33.2. The van der Waals surface area contributed by atoms with E-state index in [4.69, 9.17) is 19.9 Å². The van der Waals surface area contributed by atoms with E-state index >= 15 is 0 Å². The van der Waals surface area contributed by atoms with Crippen LogP contribution in [0.1, 0.15) is 110 Å². The summed E-state index contributed by atoms with van der Waals surface area (Å²) in [6, 6.07) is 2.42. The topological polar surface area (TPSA) is 139 Å². The van der Waals surface area contributed by atoms with Crippen molar-refractivity contribution in [2.45, 2.75) is 111 Å². The maximum Gasteiger partial charge on any atom is 0.229 e. The van der Waals surface area contributed by atoms with Gasteiger partial charge in [0.05, 0.1) is 35.4 Å². The molecule has 0 bridgehead atoms. The lowest BCUT2D eigenvalue weighted by atomic mass is 9.76. The molecule has 1 atom stereocenters. The van der Waals surface area contributed by atoms with Gasteiger partial charge in [0.25, 0.3) is 0 Å². The van der Waals surface area contributed by atoms with Crippen molar-refractivity contribution in [1.29, 1.82) is 0 Å². The second-order valence-electron chi connectivity index (χ2n) is 15.2. The van der Waals surface area contributed by atoms with Gasteiger partial charge < -0.3 is 10.6 Å². The van der Waals surface area contributed by atoms with Crippen LogP contribution in [0.2, 0.25) is 0 Å². The van der Waals surface area contributed by atoms with E-state index in [2.05, 4.69) is 81.3 Å². The van der Waals surface area contributed by atoms with Crippen molar-refractivity contribution in [2.24, 2.45) is 11.3 Å². The van der Waals surface area contributed by atoms with Gasteiger partial charge >= 0.3 is 0 Å².